The summed E-state index contributed by atoms with van der Waals surface area (Å²) in [5.74, 6) is -5.52. The number of carbonyl (C=O) groups excluding carboxylic acids is 5. The van der Waals surface area contributed by atoms with Gasteiger partial charge in [0.15, 0.2) is 0 Å². The lowest BCUT2D eigenvalue weighted by Gasteiger charge is -2.26. The largest absolute Gasteiger partial charge is 0.480 e. The van der Waals surface area contributed by atoms with Crippen LogP contribution in [-0.4, -0.2) is 64.8 Å². The Hall–Kier alpha value is -3.22. The minimum atomic E-state index is -1.54. The van der Waals surface area contributed by atoms with Gasteiger partial charge in [0.05, 0.1) is 12.5 Å². The van der Waals surface area contributed by atoms with Crippen molar-refractivity contribution in [2.45, 2.75) is 70.6 Å². The zero-order chi connectivity index (χ0) is 24.3. The second-order valence-electron chi connectivity index (χ2n) is 7.28. The Balaban J connectivity index is 5.12. The molecule has 0 aromatic carbocycles. The fourth-order valence-corrected chi connectivity index (χ4v) is 2.46. The third kappa shape index (κ3) is 10.4. The average molecular weight is 444 g/mol. The van der Waals surface area contributed by atoms with Gasteiger partial charge in [-0.05, 0) is 19.3 Å². The molecule has 10 N–H and O–H groups in total. The fraction of sp³-hybridized carbons (Fsp3) is 0.667. The number of aliphatic carboxylic acids is 1. The van der Waals surface area contributed by atoms with E-state index in [9.17, 15) is 28.8 Å². The summed E-state index contributed by atoms with van der Waals surface area (Å²) in [6.45, 7) is 4.81. The highest BCUT2D eigenvalue weighted by Gasteiger charge is 2.31. The van der Waals surface area contributed by atoms with Crippen molar-refractivity contribution in [1.29, 1.82) is 0 Å². The van der Waals surface area contributed by atoms with Gasteiger partial charge >= 0.3 is 5.97 Å². The van der Waals surface area contributed by atoms with Gasteiger partial charge in [-0.25, -0.2) is 4.79 Å². The van der Waals surface area contributed by atoms with Crippen LogP contribution < -0.4 is 33.2 Å². The van der Waals surface area contributed by atoms with Gasteiger partial charge in [-0.15, -0.1) is 0 Å². The Kier molecular flexibility index (Phi) is 11.8. The van der Waals surface area contributed by atoms with E-state index in [1.807, 2.05) is 0 Å². The van der Waals surface area contributed by atoms with Crippen LogP contribution in [0.3, 0.4) is 0 Å². The molecule has 0 heterocycles. The molecule has 0 aromatic rings. The second kappa shape index (κ2) is 13.2. The third-order valence-electron chi connectivity index (χ3n) is 4.60. The number of primary amides is 2. The zero-order valence-electron chi connectivity index (χ0n) is 17.8. The molecule has 0 spiro atoms. The fourth-order valence-electron chi connectivity index (χ4n) is 2.46. The Morgan fingerprint density at radius 2 is 1.45 bits per heavy atom. The van der Waals surface area contributed by atoms with Crippen molar-refractivity contribution in [3.8, 4) is 0 Å². The maximum Gasteiger partial charge on any atom is 0.326 e. The van der Waals surface area contributed by atoms with E-state index in [0.717, 1.165) is 0 Å². The Labute approximate surface area is 179 Å². The summed E-state index contributed by atoms with van der Waals surface area (Å²) in [6, 6.07) is -4.81. The van der Waals surface area contributed by atoms with Gasteiger partial charge in [0.2, 0.25) is 29.5 Å². The smallest absolute Gasteiger partial charge is 0.326 e. The van der Waals surface area contributed by atoms with Crippen molar-refractivity contribution in [2.75, 3.05) is 0 Å². The Morgan fingerprint density at radius 3 is 1.90 bits per heavy atom. The summed E-state index contributed by atoms with van der Waals surface area (Å²) in [5.41, 5.74) is 15.7. The molecule has 5 unspecified atom stereocenters. The molecule has 5 amide bonds. The average Bonchev–Trinajstić information content (AvgIpc) is 2.67. The first-order valence-corrected chi connectivity index (χ1v) is 9.76. The summed E-state index contributed by atoms with van der Waals surface area (Å²) in [6.07, 6.45) is -0.195. The van der Waals surface area contributed by atoms with E-state index in [1.54, 1.807) is 13.8 Å². The highest BCUT2D eigenvalue weighted by Crippen LogP contribution is 2.09. The summed E-state index contributed by atoms with van der Waals surface area (Å²) in [7, 11) is 0. The quantitative estimate of drug-likeness (QED) is 0.146. The van der Waals surface area contributed by atoms with Gasteiger partial charge in [0.1, 0.15) is 18.1 Å². The van der Waals surface area contributed by atoms with Gasteiger partial charge in [0.25, 0.3) is 0 Å². The van der Waals surface area contributed by atoms with Gasteiger partial charge in [0, 0.05) is 6.42 Å². The number of carboxylic acids is 1. The molecule has 0 bridgehead atoms. The molecule has 0 saturated carbocycles. The lowest BCUT2D eigenvalue weighted by atomic mass is 9.97. The van der Waals surface area contributed by atoms with Crippen LogP contribution in [0, 0.1) is 5.92 Å². The Morgan fingerprint density at radius 1 is 0.871 bits per heavy atom. The standard InChI is InChI=1S/C18H32N6O7/c1-4-8(2)14(24-16(28)10(19)5-6-12(20)25)17(29)22-9(3)15(27)23-11(18(30)31)7-13(21)26/h8-11,14H,4-7,19H2,1-3H3,(H2,20,25)(H2,21,26)(H,22,29)(H,23,27)(H,24,28)(H,30,31). The predicted octanol–water partition coefficient (Wildman–Crippen LogP) is -2.94. The van der Waals surface area contributed by atoms with E-state index in [2.05, 4.69) is 16.0 Å². The number of rotatable bonds is 14. The molecule has 0 aliphatic heterocycles. The second-order valence-corrected chi connectivity index (χ2v) is 7.28. The van der Waals surface area contributed by atoms with Crippen LogP contribution in [0.2, 0.25) is 0 Å². The first-order chi connectivity index (χ1) is 14.3. The molecule has 0 rings (SSSR count). The molecule has 0 fully saturated rings. The minimum Gasteiger partial charge on any atom is -0.480 e. The highest BCUT2D eigenvalue weighted by molar-refractivity contribution is 5.94. The lowest BCUT2D eigenvalue weighted by molar-refractivity contribution is -0.143. The summed E-state index contributed by atoms with van der Waals surface area (Å²) in [5, 5.41) is 16.1. The van der Waals surface area contributed by atoms with E-state index in [-0.39, 0.29) is 18.8 Å². The minimum absolute atomic E-state index is 0.00522. The predicted molar refractivity (Wildman–Crippen MR) is 109 cm³/mol. The van der Waals surface area contributed by atoms with E-state index >= 15 is 0 Å². The molecule has 0 radical (unpaired) electrons. The van der Waals surface area contributed by atoms with Gasteiger partial charge < -0.3 is 38.3 Å². The van der Waals surface area contributed by atoms with Gasteiger partial charge in [-0.3, -0.25) is 24.0 Å². The first-order valence-electron chi connectivity index (χ1n) is 9.76. The van der Waals surface area contributed by atoms with Crippen LogP contribution in [0.4, 0.5) is 0 Å². The molecule has 176 valence electrons. The molecule has 0 aliphatic rings. The van der Waals surface area contributed by atoms with Crippen molar-refractivity contribution in [3.05, 3.63) is 0 Å². The molecule has 5 atom stereocenters. The molecule has 13 heteroatoms. The maximum atomic E-state index is 12.7. The lowest BCUT2D eigenvalue weighted by Crippen LogP contribution is -2.58. The van der Waals surface area contributed by atoms with Gasteiger partial charge in [-0.2, -0.15) is 0 Å². The van der Waals surface area contributed by atoms with Crippen molar-refractivity contribution in [3.63, 3.8) is 0 Å². The number of carboxylic acid groups (broad SMARTS) is 1. The summed E-state index contributed by atoms with van der Waals surface area (Å²) >= 11 is 0. The van der Waals surface area contributed by atoms with E-state index in [1.165, 1.54) is 6.92 Å². The maximum absolute atomic E-state index is 12.7. The van der Waals surface area contributed by atoms with Crippen molar-refractivity contribution in [2.24, 2.45) is 23.1 Å². The van der Waals surface area contributed by atoms with E-state index < -0.39 is 66.1 Å². The van der Waals surface area contributed by atoms with E-state index in [0.29, 0.717) is 6.42 Å². The highest BCUT2D eigenvalue weighted by atomic mass is 16.4. The molecular formula is C18H32N6O7. The van der Waals surface area contributed by atoms with Crippen LogP contribution in [-0.2, 0) is 28.8 Å². The third-order valence-corrected chi connectivity index (χ3v) is 4.60. The van der Waals surface area contributed by atoms with Gasteiger partial charge in [-0.1, -0.05) is 20.3 Å². The monoisotopic (exact) mass is 444 g/mol. The van der Waals surface area contributed by atoms with Crippen LogP contribution in [0.25, 0.3) is 0 Å². The number of nitrogens with one attached hydrogen (secondary N) is 3. The SMILES string of the molecule is CCC(C)C(NC(=O)C(N)CCC(N)=O)C(=O)NC(C)C(=O)NC(CC(N)=O)C(=O)O. The number of hydrogen-bond acceptors (Lipinski definition) is 7. The Bertz CT molecular complexity index is 699. The number of amides is 5. The van der Waals surface area contributed by atoms with Crippen LogP contribution in [0.5, 0.6) is 0 Å². The normalized spacial score (nSPS) is 15.5. The summed E-state index contributed by atoms with van der Waals surface area (Å²) in [4.78, 5) is 70.1. The molecule has 0 aromatic heterocycles. The molecule has 0 aliphatic carbocycles. The molecular weight excluding hydrogens is 412 g/mol. The van der Waals surface area contributed by atoms with Crippen molar-refractivity contribution >= 4 is 35.5 Å². The molecule has 31 heavy (non-hydrogen) atoms. The van der Waals surface area contributed by atoms with Crippen LogP contribution in [0.1, 0.15) is 46.5 Å². The van der Waals surface area contributed by atoms with Crippen LogP contribution >= 0.6 is 0 Å². The number of nitrogens with two attached hydrogens (primary N) is 3. The van der Waals surface area contributed by atoms with Crippen molar-refractivity contribution < 1.29 is 33.9 Å². The van der Waals surface area contributed by atoms with Crippen molar-refractivity contribution in [1.82, 2.24) is 16.0 Å². The van der Waals surface area contributed by atoms with Crippen LogP contribution in [0.15, 0.2) is 0 Å². The first kappa shape index (κ1) is 27.8. The zero-order valence-corrected chi connectivity index (χ0v) is 17.8. The topological polar surface area (TPSA) is 237 Å². The number of carbonyl (C=O) groups is 6. The van der Waals surface area contributed by atoms with E-state index in [4.69, 9.17) is 22.3 Å². The molecule has 0 saturated heterocycles. The molecule has 13 nitrogen and oxygen atoms in total. The summed E-state index contributed by atoms with van der Waals surface area (Å²) < 4.78 is 0. The number of hydrogen-bond donors (Lipinski definition) is 7.